The molecule has 0 aliphatic heterocycles. The number of nitrogen functional groups attached to an aromatic ring is 1. The van der Waals surface area contributed by atoms with Gasteiger partial charge in [0.1, 0.15) is 11.6 Å². The molecule has 0 aliphatic carbocycles. The summed E-state index contributed by atoms with van der Waals surface area (Å²) in [6, 6.07) is 6.19. The topological polar surface area (TPSA) is 63.3 Å². The van der Waals surface area contributed by atoms with Gasteiger partial charge in [0.2, 0.25) is 0 Å². The Morgan fingerprint density at radius 3 is 2.37 bits per heavy atom. The normalized spacial score (nSPS) is 10.5. The number of aryl methyl sites for hydroxylation is 1. The fourth-order valence-corrected chi connectivity index (χ4v) is 1.87. The van der Waals surface area contributed by atoms with Gasteiger partial charge >= 0.3 is 5.97 Å². The van der Waals surface area contributed by atoms with Crippen LogP contribution in [-0.2, 0) is 0 Å². The van der Waals surface area contributed by atoms with Crippen LogP contribution in [0.3, 0.4) is 0 Å². The van der Waals surface area contributed by atoms with Crippen molar-refractivity contribution in [3.8, 4) is 11.1 Å². The molecule has 98 valence electrons. The van der Waals surface area contributed by atoms with E-state index in [1.807, 2.05) is 0 Å². The first-order chi connectivity index (χ1) is 8.90. The van der Waals surface area contributed by atoms with Crippen molar-refractivity contribution in [1.29, 1.82) is 0 Å². The number of carbonyl (C=O) groups is 1. The number of aromatic carboxylic acids is 1. The summed E-state index contributed by atoms with van der Waals surface area (Å²) in [5.41, 5.74) is 6.57. The Balaban J connectivity index is 2.59. The lowest BCUT2D eigenvalue weighted by atomic mass is 9.97. The number of benzene rings is 2. The van der Waals surface area contributed by atoms with Crippen LogP contribution in [0, 0.1) is 18.6 Å². The molecular weight excluding hydrogens is 252 g/mol. The van der Waals surface area contributed by atoms with Crippen LogP contribution in [0.2, 0.25) is 0 Å². The number of hydrogen-bond donors (Lipinski definition) is 2. The molecule has 0 radical (unpaired) electrons. The van der Waals surface area contributed by atoms with Crippen molar-refractivity contribution >= 4 is 11.7 Å². The highest BCUT2D eigenvalue weighted by molar-refractivity contribution is 5.89. The number of anilines is 1. The Bertz CT molecular complexity index is 669. The van der Waals surface area contributed by atoms with Gasteiger partial charge in [-0.25, -0.2) is 13.6 Å². The van der Waals surface area contributed by atoms with Crippen molar-refractivity contribution in [2.75, 3.05) is 5.73 Å². The maximum absolute atomic E-state index is 13.7. The largest absolute Gasteiger partial charge is 0.478 e. The summed E-state index contributed by atoms with van der Waals surface area (Å²) in [7, 11) is 0. The maximum atomic E-state index is 13.7. The Morgan fingerprint density at radius 1 is 1.11 bits per heavy atom. The van der Waals surface area contributed by atoms with E-state index in [-0.39, 0.29) is 16.8 Å². The van der Waals surface area contributed by atoms with Crippen LogP contribution >= 0.6 is 0 Å². The average molecular weight is 263 g/mol. The van der Waals surface area contributed by atoms with Gasteiger partial charge < -0.3 is 10.8 Å². The summed E-state index contributed by atoms with van der Waals surface area (Å²) < 4.78 is 26.8. The smallest absolute Gasteiger partial charge is 0.335 e. The summed E-state index contributed by atoms with van der Waals surface area (Å²) in [4.78, 5) is 10.8. The Hall–Kier alpha value is -2.43. The van der Waals surface area contributed by atoms with E-state index in [1.54, 1.807) is 6.92 Å². The average Bonchev–Trinajstić information content (AvgIpc) is 2.34. The molecule has 0 aliphatic rings. The Labute approximate surface area is 108 Å². The standard InChI is InChI=1S/C14H11F2NO2/c1-7-4-8(14(18)19)2-3-9(7)10-5-13(17)12(16)6-11(10)15/h2-6H,17H2,1H3,(H,18,19). The minimum absolute atomic E-state index is 0.108. The van der Waals surface area contributed by atoms with E-state index in [4.69, 9.17) is 10.8 Å². The minimum Gasteiger partial charge on any atom is -0.478 e. The van der Waals surface area contributed by atoms with E-state index in [9.17, 15) is 13.6 Å². The number of halogens is 2. The monoisotopic (exact) mass is 263 g/mol. The van der Waals surface area contributed by atoms with Gasteiger partial charge in [0.25, 0.3) is 0 Å². The molecule has 0 amide bonds. The van der Waals surface area contributed by atoms with Crippen LogP contribution in [0.5, 0.6) is 0 Å². The van der Waals surface area contributed by atoms with Crippen molar-refractivity contribution < 1.29 is 18.7 Å². The van der Waals surface area contributed by atoms with Crippen LogP contribution in [0.25, 0.3) is 11.1 Å². The van der Waals surface area contributed by atoms with E-state index in [0.29, 0.717) is 11.1 Å². The molecule has 0 unspecified atom stereocenters. The molecule has 2 rings (SSSR count). The molecule has 0 bridgehead atoms. The molecule has 3 N–H and O–H groups in total. The number of nitrogens with two attached hydrogens (primary N) is 1. The Kier molecular flexibility index (Phi) is 3.21. The maximum Gasteiger partial charge on any atom is 0.335 e. The van der Waals surface area contributed by atoms with E-state index in [1.165, 1.54) is 24.3 Å². The molecule has 0 spiro atoms. The van der Waals surface area contributed by atoms with Gasteiger partial charge in [-0.15, -0.1) is 0 Å². The van der Waals surface area contributed by atoms with E-state index >= 15 is 0 Å². The fraction of sp³-hybridized carbons (Fsp3) is 0.0714. The molecule has 0 heterocycles. The van der Waals surface area contributed by atoms with Gasteiger partial charge in [-0.1, -0.05) is 6.07 Å². The highest BCUT2D eigenvalue weighted by atomic mass is 19.1. The summed E-state index contributed by atoms with van der Waals surface area (Å²) in [5, 5.41) is 8.86. The molecule has 19 heavy (non-hydrogen) atoms. The number of rotatable bonds is 2. The fourth-order valence-electron chi connectivity index (χ4n) is 1.87. The lowest BCUT2D eigenvalue weighted by Gasteiger charge is -2.09. The van der Waals surface area contributed by atoms with Gasteiger partial charge in [-0.05, 0) is 36.2 Å². The van der Waals surface area contributed by atoms with E-state index < -0.39 is 17.6 Å². The molecule has 0 atom stereocenters. The number of carboxylic acids is 1. The second kappa shape index (κ2) is 4.68. The van der Waals surface area contributed by atoms with Gasteiger partial charge in [0.05, 0.1) is 11.3 Å². The summed E-state index contributed by atoms with van der Waals surface area (Å²) >= 11 is 0. The zero-order chi connectivity index (χ0) is 14.2. The predicted molar refractivity (Wildman–Crippen MR) is 67.9 cm³/mol. The molecule has 0 fully saturated rings. The molecule has 0 saturated carbocycles. The van der Waals surface area contributed by atoms with Crippen molar-refractivity contribution in [3.05, 3.63) is 53.1 Å². The van der Waals surface area contributed by atoms with Crippen molar-refractivity contribution in [2.45, 2.75) is 6.92 Å². The molecule has 5 heteroatoms. The van der Waals surface area contributed by atoms with Crippen LogP contribution < -0.4 is 5.73 Å². The van der Waals surface area contributed by atoms with Gasteiger partial charge in [-0.2, -0.15) is 0 Å². The van der Waals surface area contributed by atoms with Gasteiger partial charge in [0, 0.05) is 11.6 Å². The number of carboxylic acid groups (broad SMARTS) is 1. The molecule has 2 aromatic rings. The molecule has 3 nitrogen and oxygen atoms in total. The molecule has 2 aromatic carbocycles. The lowest BCUT2D eigenvalue weighted by molar-refractivity contribution is 0.0697. The van der Waals surface area contributed by atoms with E-state index in [0.717, 1.165) is 6.07 Å². The first kappa shape index (κ1) is 13.0. The summed E-state index contributed by atoms with van der Waals surface area (Å²) in [6.07, 6.45) is 0. The molecule has 0 aromatic heterocycles. The van der Waals surface area contributed by atoms with Crippen molar-refractivity contribution in [2.24, 2.45) is 0 Å². The third-order valence-corrected chi connectivity index (χ3v) is 2.85. The van der Waals surface area contributed by atoms with Crippen molar-refractivity contribution in [3.63, 3.8) is 0 Å². The van der Waals surface area contributed by atoms with Crippen LogP contribution in [0.15, 0.2) is 30.3 Å². The molecular formula is C14H11F2NO2. The van der Waals surface area contributed by atoms with Crippen LogP contribution in [0.1, 0.15) is 15.9 Å². The second-order valence-corrected chi connectivity index (χ2v) is 4.19. The van der Waals surface area contributed by atoms with E-state index in [2.05, 4.69) is 0 Å². The summed E-state index contributed by atoms with van der Waals surface area (Å²) in [6.45, 7) is 1.65. The second-order valence-electron chi connectivity index (χ2n) is 4.19. The Morgan fingerprint density at radius 2 is 1.79 bits per heavy atom. The third-order valence-electron chi connectivity index (χ3n) is 2.85. The quantitative estimate of drug-likeness (QED) is 0.818. The molecule has 0 saturated heterocycles. The SMILES string of the molecule is Cc1cc(C(=O)O)ccc1-c1cc(N)c(F)cc1F. The van der Waals surface area contributed by atoms with Gasteiger partial charge in [0.15, 0.2) is 0 Å². The first-order valence-corrected chi connectivity index (χ1v) is 5.49. The lowest BCUT2D eigenvalue weighted by Crippen LogP contribution is -1.99. The van der Waals surface area contributed by atoms with Crippen LogP contribution in [0.4, 0.5) is 14.5 Å². The highest BCUT2D eigenvalue weighted by Gasteiger charge is 2.13. The highest BCUT2D eigenvalue weighted by Crippen LogP contribution is 2.29. The summed E-state index contributed by atoms with van der Waals surface area (Å²) in [5.74, 6) is -2.62. The minimum atomic E-state index is -1.06. The van der Waals surface area contributed by atoms with Crippen molar-refractivity contribution in [1.82, 2.24) is 0 Å². The zero-order valence-electron chi connectivity index (χ0n) is 10.1. The first-order valence-electron chi connectivity index (χ1n) is 5.49. The van der Waals surface area contributed by atoms with Gasteiger partial charge in [-0.3, -0.25) is 0 Å². The third kappa shape index (κ3) is 2.40. The predicted octanol–water partition coefficient (Wildman–Crippen LogP) is 3.22. The zero-order valence-corrected chi connectivity index (χ0v) is 10.1. The number of hydrogen-bond acceptors (Lipinski definition) is 2. The van der Waals surface area contributed by atoms with Crippen LogP contribution in [-0.4, -0.2) is 11.1 Å².